The van der Waals surface area contributed by atoms with Gasteiger partial charge in [0.05, 0.1) is 42.2 Å². The number of aliphatic hydroxyl groups excluding tert-OH is 1. The molecule has 9 nitrogen and oxygen atoms in total. The Bertz CT molecular complexity index is 1530. The molecule has 0 unspecified atom stereocenters. The molecule has 0 amide bonds. The van der Waals surface area contributed by atoms with E-state index >= 15 is 0 Å². The molecule has 1 aromatic carbocycles. The molecule has 3 aromatic rings. The van der Waals surface area contributed by atoms with Gasteiger partial charge in [-0.25, -0.2) is 26.9 Å². The minimum atomic E-state index is -3.67. The van der Waals surface area contributed by atoms with Crippen molar-refractivity contribution in [1.82, 2.24) is 14.8 Å². The average molecular weight is 587 g/mol. The molecule has 0 radical (unpaired) electrons. The zero-order valence-electron chi connectivity index (χ0n) is 23.2. The first-order valence-corrected chi connectivity index (χ1v) is 15.9. The average Bonchev–Trinajstić information content (AvgIpc) is 3.48. The van der Waals surface area contributed by atoms with Gasteiger partial charge in [-0.1, -0.05) is 0 Å². The number of anilines is 3. The zero-order valence-corrected chi connectivity index (χ0v) is 24.0. The molecule has 1 saturated carbocycles. The summed E-state index contributed by atoms with van der Waals surface area (Å²) in [6.07, 6.45) is 8.74. The Balaban J connectivity index is 1.32. The van der Waals surface area contributed by atoms with Crippen molar-refractivity contribution >= 4 is 27.2 Å². The van der Waals surface area contributed by atoms with Crippen molar-refractivity contribution in [2.24, 2.45) is 5.41 Å². The van der Waals surface area contributed by atoms with Crippen LogP contribution in [0.25, 0.3) is 16.8 Å². The fourth-order valence-electron chi connectivity index (χ4n) is 6.03. The molecule has 41 heavy (non-hydrogen) atoms. The highest BCUT2D eigenvalue weighted by atomic mass is 32.2. The monoisotopic (exact) mass is 586 g/mol. The highest BCUT2D eigenvalue weighted by Crippen LogP contribution is 2.54. The third-order valence-corrected chi connectivity index (χ3v) is 9.82. The molecule has 0 bridgehead atoms. The van der Waals surface area contributed by atoms with Gasteiger partial charge < -0.3 is 14.9 Å². The number of aliphatic hydroxyl groups is 1. The van der Waals surface area contributed by atoms with Gasteiger partial charge in [0.2, 0.25) is 10.0 Å². The van der Waals surface area contributed by atoms with E-state index in [1.165, 1.54) is 12.8 Å². The van der Waals surface area contributed by atoms with Crippen LogP contribution >= 0.6 is 0 Å². The molecule has 6 rings (SSSR count). The predicted molar refractivity (Wildman–Crippen MR) is 156 cm³/mol. The van der Waals surface area contributed by atoms with Crippen LogP contribution in [0.3, 0.4) is 0 Å². The number of nitrogens with zero attached hydrogens (tertiary/aromatic N) is 5. The van der Waals surface area contributed by atoms with Gasteiger partial charge in [0.25, 0.3) is 5.92 Å². The van der Waals surface area contributed by atoms with Gasteiger partial charge in [0.15, 0.2) is 0 Å². The molecule has 2 saturated heterocycles. The van der Waals surface area contributed by atoms with E-state index in [1.807, 2.05) is 37.4 Å². The van der Waals surface area contributed by atoms with E-state index in [0.717, 1.165) is 54.1 Å². The number of piperidine rings is 2. The molecule has 2 aromatic heterocycles. The number of nitrogens with one attached hydrogen (secondary N) is 1. The molecule has 1 aliphatic carbocycles. The number of alkyl halides is 2. The topological polar surface area (TPSA) is 104 Å². The second-order valence-electron chi connectivity index (χ2n) is 11.7. The van der Waals surface area contributed by atoms with Crippen molar-refractivity contribution in [2.45, 2.75) is 51.4 Å². The summed E-state index contributed by atoms with van der Waals surface area (Å²) < 4.78 is 57.3. The van der Waals surface area contributed by atoms with Gasteiger partial charge in [-0.15, -0.1) is 0 Å². The summed E-state index contributed by atoms with van der Waals surface area (Å²) in [4.78, 5) is 8.49. The molecular weight excluding hydrogens is 550 g/mol. The fourth-order valence-corrected chi connectivity index (χ4v) is 6.86. The lowest BCUT2D eigenvalue weighted by molar-refractivity contribution is -0.0118. The summed E-state index contributed by atoms with van der Waals surface area (Å²) in [7, 11) is -3.67. The van der Waals surface area contributed by atoms with Crippen LogP contribution in [0.2, 0.25) is 0 Å². The maximum absolute atomic E-state index is 14.1. The first-order chi connectivity index (χ1) is 19.5. The fraction of sp³-hybridized carbons (Fsp3) is 0.517. The van der Waals surface area contributed by atoms with Gasteiger partial charge in [-0.2, -0.15) is 5.10 Å². The van der Waals surface area contributed by atoms with E-state index in [0.29, 0.717) is 29.9 Å². The predicted octanol–water partition coefficient (Wildman–Crippen LogP) is 4.59. The molecule has 2 N–H and O–H groups in total. The molecule has 4 heterocycles. The number of hydrogen-bond acceptors (Lipinski definition) is 7. The molecule has 0 atom stereocenters. The van der Waals surface area contributed by atoms with Crippen LogP contribution in [-0.4, -0.2) is 72.8 Å². The highest BCUT2D eigenvalue weighted by Gasteiger charge is 2.44. The van der Waals surface area contributed by atoms with E-state index in [1.54, 1.807) is 21.8 Å². The van der Waals surface area contributed by atoms with Gasteiger partial charge in [-0.05, 0) is 80.3 Å². The molecular formula is C29H36F2N6O3S. The summed E-state index contributed by atoms with van der Waals surface area (Å²) in [6, 6.07) is 9.15. The van der Waals surface area contributed by atoms with Crippen molar-refractivity contribution in [3.63, 3.8) is 0 Å². The number of benzene rings is 1. The number of aromatic nitrogens is 3. The normalized spacial score (nSPS) is 19.9. The molecule has 3 aliphatic rings. The lowest BCUT2D eigenvalue weighted by Gasteiger charge is -2.35. The van der Waals surface area contributed by atoms with Crippen LogP contribution in [0.5, 0.6) is 0 Å². The third-order valence-electron chi connectivity index (χ3n) is 8.55. The Morgan fingerprint density at radius 2 is 1.76 bits per heavy atom. The summed E-state index contributed by atoms with van der Waals surface area (Å²) in [5, 5.41) is 13.8. The first kappa shape index (κ1) is 27.9. The van der Waals surface area contributed by atoms with Crippen LogP contribution in [0.15, 0.2) is 42.7 Å². The van der Waals surface area contributed by atoms with Crippen molar-refractivity contribution in [3.05, 3.63) is 48.4 Å². The molecule has 3 fully saturated rings. The number of hydrogen-bond donors (Lipinski definition) is 2. The van der Waals surface area contributed by atoms with E-state index in [9.17, 15) is 17.2 Å². The first-order valence-electron chi connectivity index (χ1n) is 14.2. The Hall–Kier alpha value is -3.25. The summed E-state index contributed by atoms with van der Waals surface area (Å²) in [5.74, 6) is -2.56. The van der Waals surface area contributed by atoms with Crippen LogP contribution < -0.4 is 14.5 Å². The smallest absolute Gasteiger partial charge is 0.265 e. The summed E-state index contributed by atoms with van der Waals surface area (Å²) in [6.45, 7) is 3.36. The van der Waals surface area contributed by atoms with Gasteiger partial charge >= 0.3 is 0 Å². The number of pyridine rings is 1. The maximum atomic E-state index is 14.1. The second kappa shape index (κ2) is 10.5. The Morgan fingerprint density at radius 3 is 2.46 bits per heavy atom. The minimum absolute atomic E-state index is 0.100. The maximum Gasteiger partial charge on any atom is 0.265 e. The van der Waals surface area contributed by atoms with Crippen LogP contribution in [0.4, 0.5) is 26.0 Å². The lowest BCUT2D eigenvalue weighted by atomic mass is 9.93. The number of sulfonamides is 1. The quantitative estimate of drug-likeness (QED) is 0.398. The SMILES string of the molecule is Cc1cc(-c2cnn(-c3ccc(NS(=O)(=O)CCO)cc3N3CCC4(CC3)CC4)c2)cc(N2CCCC(F)(F)C2)n1. The van der Waals surface area contributed by atoms with Gasteiger partial charge in [0.1, 0.15) is 5.82 Å². The van der Waals surface area contributed by atoms with Crippen molar-refractivity contribution in [3.8, 4) is 16.8 Å². The standard InChI is InChI=1S/C29H36F2N6O3S/c1-21-15-22(16-27(33-21)36-10-2-5-29(30,31)20-36)23-18-32-37(19-23)25-4-3-24(34-41(39,40)14-13-38)17-26(25)35-11-8-28(6-7-28)9-12-35/h3-4,15-19,34,38H,2,5-14,20H2,1H3. The van der Waals surface area contributed by atoms with Crippen molar-refractivity contribution in [1.29, 1.82) is 0 Å². The van der Waals surface area contributed by atoms with E-state index in [4.69, 9.17) is 5.11 Å². The van der Waals surface area contributed by atoms with E-state index in [-0.39, 0.29) is 18.7 Å². The number of halogens is 2. The molecule has 1 spiro atoms. The van der Waals surface area contributed by atoms with E-state index < -0.39 is 22.6 Å². The summed E-state index contributed by atoms with van der Waals surface area (Å²) >= 11 is 0. The zero-order chi connectivity index (χ0) is 28.8. The van der Waals surface area contributed by atoms with Gasteiger partial charge in [-0.3, -0.25) is 4.72 Å². The third kappa shape index (κ3) is 6.18. The van der Waals surface area contributed by atoms with Crippen molar-refractivity contribution < 1.29 is 22.3 Å². The Morgan fingerprint density at radius 1 is 0.976 bits per heavy atom. The van der Waals surface area contributed by atoms with Crippen LogP contribution in [-0.2, 0) is 10.0 Å². The minimum Gasteiger partial charge on any atom is -0.395 e. The summed E-state index contributed by atoms with van der Waals surface area (Å²) in [5.41, 5.74) is 5.01. The van der Waals surface area contributed by atoms with Crippen LogP contribution in [0.1, 0.15) is 44.2 Å². The molecule has 2 aliphatic heterocycles. The second-order valence-corrected chi connectivity index (χ2v) is 13.6. The largest absolute Gasteiger partial charge is 0.395 e. The Labute approximate surface area is 239 Å². The van der Waals surface area contributed by atoms with Crippen molar-refractivity contribution in [2.75, 3.05) is 53.1 Å². The molecule has 12 heteroatoms. The highest BCUT2D eigenvalue weighted by molar-refractivity contribution is 7.92. The van der Waals surface area contributed by atoms with E-state index in [2.05, 4.69) is 19.7 Å². The lowest BCUT2D eigenvalue weighted by Crippen LogP contribution is -2.43. The van der Waals surface area contributed by atoms with Crippen LogP contribution in [0, 0.1) is 12.3 Å². The molecule has 220 valence electrons. The number of aryl methyl sites for hydroxylation is 1. The van der Waals surface area contributed by atoms with Gasteiger partial charge in [0, 0.05) is 43.5 Å². The number of rotatable bonds is 8. The Kier molecular flexibility index (Phi) is 7.17.